The SMILES string of the molecule is C=CC(=O)Nc1cc(-c2cc3c(cn2)cc(-c2c(Cl)c(OC)cc(OC)c2Cl)c(=O)n3C(C)C)c(OC)cc1N1CCN(CC)CC1. The average Bonchev–Trinajstić information content (AvgIpc) is 3.08. The summed E-state index contributed by atoms with van der Waals surface area (Å²) in [5, 5.41) is 4.07. The van der Waals surface area contributed by atoms with Crippen LogP contribution in [0.5, 0.6) is 17.2 Å². The van der Waals surface area contributed by atoms with E-state index in [0.717, 1.165) is 38.4 Å². The van der Waals surface area contributed by atoms with Gasteiger partial charge in [-0.25, -0.2) is 0 Å². The van der Waals surface area contributed by atoms with Gasteiger partial charge in [0.05, 0.1) is 59.5 Å². The van der Waals surface area contributed by atoms with Gasteiger partial charge in [-0.1, -0.05) is 36.7 Å². The molecule has 4 aromatic rings. The predicted octanol–water partition coefficient (Wildman–Crippen LogP) is 6.91. The number of pyridine rings is 2. The number of fused-ring (bicyclic) bond motifs is 1. The molecule has 248 valence electrons. The van der Waals surface area contributed by atoms with E-state index in [1.807, 2.05) is 32.0 Å². The molecule has 1 fully saturated rings. The fourth-order valence-corrected chi connectivity index (χ4v) is 6.69. The quantitative estimate of drug-likeness (QED) is 0.181. The summed E-state index contributed by atoms with van der Waals surface area (Å²) in [7, 11) is 4.57. The summed E-state index contributed by atoms with van der Waals surface area (Å²) in [6.45, 7) is 14.1. The van der Waals surface area contributed by atoms with Crippen LogP contribution in [0.25, 0.3) is 33.3 Å². The van der Waals surface area contributed by atoms with Crippen LogP contribution in [0.3, 0.4) is 0 Å². The number of rotatable bonds is 10. The molecule has 0 atom stereocenters. The normalized spacial score (nSPS) is 13.6. The summed E-state index contributed by atoms with van der Waals surface area (Å²) < 4.78 is 18.5. The Kier molecular flexibility index (Phi) is 10.3. The van der Waals surface area contributed by atoms with Crippen LogP contribution in [0.4, 0.5) is 11.4 Å². The van der Waals surface area contributed by atoms with Gasteiger partial charge in [-0.05, 0) is 44.7 Å². The molecule has 10 nitrogen and oxygen atoms in total. The lowest BCUT2D eigenvalue weighted by molar-refractivity contribution is -0.111. The van der Waals surface area contributed by atoms with E-state index in [9.17, 15) is 9.59 Å². The van der Waals surface area contributed by atoms with Crippen molar-refractivity contribution in [2.45, 2.75) is 26.8 Å². The lowest BCUT2D eigenvalue weighted by Gasteiger charge is -2.36. The van der Waals surface area contributed by atoms with E-state index < -0.39 is 0 Å². The fourth-order valence-electron chi connectivity index (χ4n) is 5.98. The first-order chi connectivity index (χ1) is 22.6. The fraction of sp³-hybridized carbons (Fsp3) is 0.343. The second kappa shape index (κ2) is 14.3. The minimum absolute atomic E-state index is 0.199. The summed E-state index contributed by atoms with van der Waals surface area (Å²) >= 11 is 13.5. The minimum Gasteiger partial charge on any atom is -0.496 e. The Morgan fingerprint density at radius 3 is 2.15 bits per heavy atom. The molecule has 1 amide bonds. The molecule has 2 aromatic heterocycles. The summed E-state index contributed by atoms with van der Waals surface area (Å²) in [6.07, 6.45) is 2.94. The number of likely N-dealkylation sites (N-methyl/N-ethyl adjacent to an activating group) is 1. The monoisotopic (exact) mass is 679 g/mol. The van der Waals surface area contributed by atoms with Crippen molar-refractivity contribution < 1.29 is 19.0 Å². The number of carbonyl (C=O) groups excluding carboxylic acids is 1. The number of anilines is 2. The second-order valence-corrected chi connectivity index (χ2v) is 12.2. The molecule has 2 aromatic carbocycles. The Morgan fingerprint density at radius 1 is 0.957 bits per heavy atom. The maximum absolute atomic E-state index is 14.2. The van der Waals surface area contributed by atoms with Crippen LogP contribution in [0, 0.1) is 0 Å². The van der Waals surface area contributed by atoms with Gasteiger partial charge in [-0.2, -0.15) is 0 Å². The number of piperazine rings is 1. The molecular formula is C35H39Cl2N5O5. The molecule has 1 saturated heterocycles. The van der Waals surface area contributed by atoms with Crippen LogP contribution in [0.15, 0.2) is 54.0 Å². The van der Waals surface area contributed by atoms with Gasteiger partial charge in [-0.15, -0.1) is 0 Å². The Labute approximate surface area is 284 Å². The average molecular weight is 681 g/mol. The standard InChI is InChI=1S/C35H39Cl2N5O5/c1-8-31(43)39-25-15-22(28(45-5)17-27(25)41-12-10-40(9-2)11-13-41)24-16-26-21(19-38-24)14-23(35(44)42(26)20(3)4)32-33(36)29(46-6)18-30(47-7)34(32)37/h8,14-20H,1,9-13H2,2-7H3,(H,39,43). The summed E-state index contributed by atoms with van der Waals surface area (Å²) in [6, 6.07) is 8.72. The Balaban J connectivity index is 1.70. The number of benzene rings is 2. The van der Waals surface area contributed by atoms with Crippen molar-refractivity contribution >= 4 is 51.4 Å². The highest BCUT2D eigenvalue weighted by molar-refractivity contribution is 6.41. The molecular weight excluding hydrogens is 641 g/mol. The van der Waals surface area contributed by atoms with E-state index in [0.29, 0.717) is 50.7 Å². The first kappa shape index (κ1) is 34.1. The highest BCUT2D eigenvalue weighted by Crippen LogP contribution is 2.46. The molecule has 1 N–H and O–H groups in total. The summed E-state index contributed by atoms with van der Waals surface area (Å²) in [5.74, 6) is 0.912. The van der Waals surface area contributed by atoms with Crippen molar-refractivity contribution in [3.05, 3.63) is 69.6 Å². The van der Waals surface area contributed by atoms with Crippen LogP contribution in [0.2, 0.25) is 10.0 Å². The lowest BCUT2D eigenvalue weighted by atomic mass is 10.0. The van der Waals surface area contributed by atoms with E-state index in [1.165, 1.54) is 20.3 Å². The van der Waals surface area contributed by atoms with Crippen molar-refractivity contribution in [3.8, 4) is 39.6 Å². The zero-order chi connectivity index (χ0) is 34.0. The summed E-state index contributed by atoms with van der Waals surface area (Å²) in [4.78, 5) is 36.2. The third kappa shape index (κ3) is 6.50. The van der Waals surface area contributed by atoms with E-state index in [1.54, 1.807) is 30.0 Å². The third-order valence-electron chi connectivity index (χ3n) is 8.48. The number of halogens is 2. The van der Waals surface area contributed by atoms with Crippen LogP contribution < -0.4 is 30.0 Å². The first-order valence-corrected chi connectivity index (χ1v) is 16.1. The molecule has 0 saturated carbocycles. The van der Waals surface area contributed by atoms with Crippen LogP contribution in [-0.4, -0.2) is 74.4 Å². The van der Waals surface area contributed by atoms with Crippen molar-refractivity contribution in [1.82, 2.24) is 14.5 Å². The zero-order valence-corrected chi connectivity index (χ0v) is 29.0. The highest BCUT2D eigenvalue weighted by atomic mass is 35.5. The predicted molar refractivity (Wildman–Crippen MR) is 190 cm³/mol. The molecule has 5 rings (SSSR count). The van der Waals surface area contributed by atoms with E-state index in [-0.39, 0.29) is 33.1 Å². The molecule has 1 aliphatic heterocycles. The van der Waals surface area contributed by atoms with Gasteiger partial charge in [-0.3, -0.25) is 14.6 Å². The Hall–Kier alpha value is -4.25. The topological polar surface area (TPSA) is 98.2 Å². The van der Waals surface area contributed by atoms with Gasteiger partial charge in [0.15, 0.2) is 0 Å². The molecule has 3 heterocycles. The second-order valence-electron chi connectivity index (χ2n) is 11.4. The van der Waals surface area contributed by atoms with Gasteiger partial charge >= 0.3 is 0 Å². The number of nitrogens with one attached hydrogen (secondary N) is 1. The number of hydrogen-bond donors (Lipinski definition) is 1. The van der Waals surface area contributed by atoms with E-state index in [4.69, 9.17) is 42.4 Å². The largest absolute Gasteiger partial charge is 0.496 e. The molecule has 1 aliphatic rings. The first-order valence-electron chi connectivity index (χ1n) is 15.3. The number of aromatic nitrogens is 2. The molecule has 47 heavy (non-hydrogen) atoms. The Morgan fingerprint density at radius 2 is 1.60 bits per heavy atom. The number of carbonyl (C=O) groups is 1. The van der Waals surface area contributed by atoms with Gasteiger partial charge in [0.1, 0.15) is 17.2 Å². The smallest absolute Gasteiger partial charge is 0.259 e. The molecule has 0 unspecified atom stereocenters. The molecule has 0 radical (unpaired) electrons. The number of hydrogen-bond acceptors (Lipinski definition) is 8. The van der Waals surface area contributed by atoms with Gasteiger partial charge in [0, 0.05) is 67.1 Å². The maximum atomic E-state index is 14.2. The number of ether oxygens (including phenoxy) is 3. The molecule has 0 aliphatic carbocycles. The molecule has 0 bridgehead atoms. The van der Waals surface area contributed by atoms with Crippen molar-refractivity contribution in [3.63, 3.8) is 0 Å². The van der Waals surface area contributed by atoms with Gasteiger partial charge in [0.25, 0.3) is 5.56 Å². The summed E-state index contributed by atoms with van der Waals surface area (Å²) in [5.41, 5.74) is 3.64. The van der Waals surface area contributed by atoms with E-state index >= 15 is 0 Å². The third-order valence-corrected chi connectivity index (χ3v) is 9.23. The van der Waals surface area contributed by atoms with Crippen molar-refractivity contribution in [1.29, 1.82) is 0 Å². The highest BCUT2D eigenvalue weighted by Gasteiger charge is 2.25. The van der Waals surface area contributed by atoms with Crippen LogP contribution in [0.1, 0.15) is 26.8 Å². The van der Waals surface area contributed by atoms with Gasteiger partial charge < -0.3 is 33.9 Å². The number of nitrogens with zero attached hydrogens (tertiary/aromatic N) is 4. The van der Waals surface area contributed by atoms with E-state index in [2.05, 4.69) is 28.6 Å². The zero-order valence-electron chi connectivity index (χ0n) is 27.4. The number of amides is 1. The molecule has 0 spiro atoms. The lowest BCUT2D eigenvalue weighted by Crippen LogP contribution is -2.46. The van der Waals surface area contributed by atoms with Crippen molar-refractivity contribution in [2.24, 2.45) is 0 Å². The minimum atomic E-state index is -0.325. The van der Waals surface area contributed by atoms with Gasteiger partial charge in [0.2, 0.25) is 5.91 Å². The van der Waals surface area contributed by atoms with Crippen LogP contribution >= 0.6 is 23.2 Å². The van der Waals surface area contributed by atoms with Crippen molar-refractivity contribution in [2.75, 3.05) is 64.3 Å². The number of methoxy groups -OCH3 is 3. The molecule has 12 heteroatoms. The maximum Gasteiger partial charge on any atom is 0.259 e. The Bertz CT molecular complexity index is 1870. The van der Waals surface area contributed by atoms with Crippen LogP contribution in [-0.2, 0) is 4.79 Å².